The van der Waals surface area contributed by atoms with Gasteiger partial charge in [-0.2, -0.15) is 0 Å². The van der Waals surface area contributed by atoms with Crippen molar-refractivity contribution in [3.05, 3.63) is 0 Å². The predicted molar refractivity (Wildman–Crippen MR) is 157 cm³/mol. The van der Waals surface area contributed by atoms with Crippen molar-refractivity contribution >= 4 is 11.9 Å². The van der Waals surface area contributed by atoms with Crippen molar-refractivity contribution in [3.63, 3.8) is 0 Å². The molecule has 0 N–H and O–H groups in total. The normalized spacial score (nSPS) is 13.0. The smallest absolute Gasteiger partial charge is 0.306 e. The molecule has 0 unspecified atom stereocenters. The van der Waals surface area contributed by atoms with Crippen LogP contribution in [0.3, 0.4) is 0 Å². The van der Waals surface area contributed by atoms with Gasteiger partial charge >= 0.3 is 11.9 Å². The molecule has 0 rings (SSSR count). The van der Waals surface area contributed by atoms with E-state index in [0.717, 1.165) is 51.4 Å². The van der Waals surface area contributed by atoms with E-state index in [1.165, 1.54) is 0 Å². The van der Waals surface area contributed by atoms with Crippen LogP contribution in [0.1, 0.15) is 154 Å². The second-order valence-corrected chi connectivity index (χ2v) is 13.3. The summed E-state index contributed by atoms with van der Waals surface area (Å²) in [5.41, 5.74) is -0.848. The van der Waals surface area contributed by atoms with Crippen LogP contribution in [0, 0.1) is 35.5 Å². The molecule has 37 heavy (non-hydrogen) atoms. The molecular weight excluding hydrogens is 460 g/mol. The fraction of sp³-hybridized carbons (Fsp3) is 0.939. The summed E-state index contributed by atoms with van der Waals surface area (Å²) in [6.07, 6.45) is 8.53. The van der Waals surface area contributed by atoms with Gasteiger partial charge in [0.2, 0.25) is 0 Å². The Morgan fingerprint density at radius 3 is 0.946 bits per heavy atom. The molecule has 0 spiro atoms. The fourth-order valence-corrected chi connectivity index (χ4v) is 6.37. The van der Waals surface area contributed by atoms with Crippen molar-refractivity contribution < 1.29 is 19.1 Å². The molecule has 0 saturated carbocycles. The number of ether oxygens (including phenoxy) is 2. The predicted octanol–water partition coefficient (Wildman–Crippen LogP) is 9.78. The maximum Gasteiger partial charge on any atom is 0.306 e. The lowest BCUT2D eigenvalue weighted by molar-refractivity contribution is -0.171. The molecule has 0 fully saturated rings. The van der Waals surface area contributed by atoms with Gasteiger partial charge in [0, 0.05) is 12.8 Å². The lowest BCUT2D eigenvalue weighted by Crippen LogP contribution is -2.43. The molecular formula is C33H64O4. The summed E-state index contributed by atoms with van der Waals surface area (Å²) in [7, 11) is 0. The molecule has 0 saturated heterocycles. The molecule has 0 amide bonds. The van der Waals surface area contributed by atoms with Gasteiger partial charge in [0.25, 0.3) is 0 Å². The van der Waals surface area contributed by atoms with Crippen LogP contribution in [0.2, 0.25) is 0 Å². The quantitative estimate of drug-likeness (QED) is 0.149. The molecule has 4 heteroatoms. The van der Waals surface area contributed by atoms with Crippen LogP contribution in [-0.2, 0) is 19.1 Å². The molecule has 0 aromatic carbocycles. The van der Waals surface area contributed by atoms with E-state index < -0.39 is 11.2 Å². The average Bonchev–Trinajstić information content (AvgIpc) is 2.79. The van der Waals surface area contributed by atoms with Gasteiger partial charge in [-0.3, -0.25) is 9.59 Å². The molecule has 220 valence electrons. The molecule has 0 aromatic heterocycles. The molecule has 0 aromatic rings. The monoisotopic (exact) mass is 524 g/mol. The highest BCUT2D eigenvalue weighted by atomic mass is 16.6. The van der Waals surface area contributed by atoms with Crippen LogP contribution in [0.25, 0.3) is 0 Å². The summed E-state index contributed by atoms with van der Waals surface area (Å²) in [6.45, 7) is 26.5. The van der Waals surface area contributed by atoms with E-state index in [4.69, 9.17) is 9.47 Å². The zero-order valence-corrected chi connectivity index (χ0v) is 26.9. The molecule has 0 atom stereocenters. The summed E-state index contributed by atoms with van der Waals surface area (Å²) in [6, 6.07) is 0. The molecule has 0 aliphatic heterocycles. The highest BCUT2D eigenvalue weighted by Gasteiger charge is 2.41. The maximum atomic E-state index is 13.0. The zero-order valence-electron chi connectivity index (χ0n) is 26.9. The van der Waals surface area contributed by atoms with Gasteiger partial charge in [-0.25, -0.2) is 0 Å². The number of hydrogen-bond donors (Lipinski definition) is 0. The van der Waals surface area contributed by atoms with E-state index in [0.29, 0.717) is 41.9 Å². The topological polar surface area (TPSA) is 52.6 Å². The minimum Gasteiger partial charge on any atom is -0.459 e. The Labute approximate surface area is 231 Å². The van der Waals surface area contributed by atoms with Gasteiger partial charge in [0.15, 0.2) is 0 Å². The lowest BCUT2D eigenvalue weighted by Gasteiger charge is -2.41. The number of hydrogen-bond acceptors (Lipinski definition) is 4. The summed E-state index contributed by atoms with van der Waals surface area (Å²) in [5.74, 6) is 2.58. The molecule has 0 heterocycles. The summed E-state index contributed by atoms with van der Waals surface area (Å²) >= 11 is 0. The number of esters is 2. The minimum absolute atomic E-state index is 0.177. The van der Waals surface area contributed by atoms with Crippen LogP contribution < -0.4 is 0 Å². The maximum absolute atomic E-state index is 13.0. The number of rotatable bonds is 20. The Kier molecular flexibility index (Phi) is 17.0. The Morgan fingerprint density at radius 1 is 0.514 bits per heavy atom. The van der Waals surface area contributed by atoms with Gasteiger partial charge < -0.3 is 9.47 Å². The summed E-state index contributed by atoms with van der Waals surface area (Å²) in [5, 5.41) is 0. The molecule has 4 nitrogen and oxygen atoms in total. The van der Waals surface area contributed by atoms with Gasteiger partial charge in [-0.1, -0.05) is 83.1 Å². The first-order valence-electron chi connectivity index (χ1n) is 15.6. The minimum atomic E-state index is -0.424. The molecule has 0 bridgehead atoms. The van der Waals surface area contributed by atoms with Gasteiger partial charge in [0.1, 0.15) is 11.2 Å². The Hall–Kier alpha value is -1.06. The fourth-order valence-electron chi connectivity index (χ4n) is 6.37. The van der Waals surface area contributed by atoms with Crippen LogP contribution in [0.15, 0.2) is 0 Å². The summed E-state index contributed by atoms with van der Waals surface area (Å²) in [4.78, 5) is 26.0. The number of carbonyl (C=O) groups excluding carboxylic acids is 2. The highest BCUT2D eigenvalue weighted by molar-refractivity contribution is 5.73. The SMILES string of the molecule is CCC(CC)(OC(=O)CCCC(=O)OC(CC)(CC)C(CC(C)C)CC(C)C)C(CC(C)C)CC(C)C. The third kappa shape index (κ3) is 12.6. The Bertz CT molecular complexity index is 552. The van der Waals surface area contributed by atoms with E-state index in [9.17, 15) is 9.59 Å². The van der Waals surface area contributed by atoms with E-state index in [1.54, 1.807) is 0 Å². The molecule has 0 radical (unpaired) electrons. The van der Waals surface area contributed by atoms with Crippen LogP contribution in [-0.4, -0.2) is 23.1 Å². The van der Waals surface area contributed by atoms with Crippen molar-refractivity contribution in [2.45, 2.75) is 165 Å². The Balaban J connectivity index is 5.29. The zero-order chi connectivity index (χ0) is 28.8. The second-order valence-electron chi connectivity index (χ2n) is 13.3. The third-order valence-corrected chi connectivity index (χ3v) is 8.30. The summed E-state index contributed by atoms with van der Waals surface area (Å²) < 4.78 is 12.5. The molecule has 0 aliphatic rings. The first-order valence-corrected chi connectivity index (χ1v) is 15.6. The van der Waals surface area contributed by atoms with Crippen molar-refractivity contribution in [1.29, 1.82) is 0 Å². The van der Waals surface area contributed by atoms with E-state index in [2.05, 4.69) is 83.1 Å². The van der Waals surface area contributed by atoms with E-state index in [-0.39, 0.29) is 24.8 Å². The van der Waals surface area contributed by atoms with Gasteiger partial charge in [-0.05, 0) is 93.3 Å². The standard InChI is InChI=1S/C33H64O4/c1-13-32(14-2,28(20-24(5)6)21-25(7)8)36-30(34)18-17-19-31(35)37-33(15-3,16-4)29(22-26(9)10)23-27(11)12/h24-29H,13-23H2,1-12H3. The van der Waals surface area contributed by atoms with Crippen molar-refractivity contribution in [3.8, 4) is 0 Å². The first kappa shape index (κ1) is 35.9. The third-order valence-electron chi connectivity index (χ3n) is 8.30. The average molecular weight is 525 g/mol. The largest absolute Gasteiger partial charge is 0.459 e. The molecule has 0 aliphatic carbocycles. The first-order chi connectivity index (χ1) is 17.2. The van der Waals surface area contributed by atoms with Crippen molar-refractivity contribution in [2.24, 2.45) is 35.5 Å². The van der Waals surface area contributed by atoms with Gasteiger partial charge in [0.05, 0.1) is 0 Å². The van der Waals surface area contributed by atoms with Crippen LogP contribution in [0.5, 0.6) is 0 Å². The Morgan fingerprint density at radius 2 is 0.757 bits per heavy atom. The van der Waals surface area contributed by atoms with E-state index in [1.807, 2.05) is 0 Å². The van der Waals surface area contributed by atoms with Crippen LogP contribution in [0.4, 0.5) is 0 Å². The number of carbonyl (C=O) groups is 2. The van der Waals surface area contributed by atoms with Crippen LogP contribution >= 0.6 is 0 Å². The highest BCUT2D eigenvalue weighted by Crippen LogP contribution is 2.40. The van der Waals surface area contributed by atoms with Crippen molar-refractivity contribution in [1.82, 2.24) is 0 Å². The van der Waals surface area contributed by atoms with Crippen molar-refractivity contribution in [2.75, 3.05) is 0 Å². The van der Waals surface area contributed by atoms with Gasteiger partial charge in [-0.15, -0.1) is 0 Å². The lowest BCUT2D eigenvalue weighted by atomic mass is 9.74. The van der Waals surface area contributed by atoms with E-state index >= 15 is 0 Å². The second kappa shape index (κ2) is 17.5.